The Kier molecular flexibility index (Phi) is 4.92. The van der Waals surface area contributed by atoms with E-state index in [1.165, 1.54) is 6.07 Å². The Bertz CT molecular complexity index is 1020. The van der Waals surface area contributed by atoms with Gasteiger partial charge in [-0.25, -0.2) is 9.38 Å². The molecule has 1 aromatic carbocycles. The Hall–Kier alpha value is -3.06. The normalized spacial score (nSPS) is 23.5. The van der Waals surface area contributed by atoms with Gasteiger partial charge in [-0.15, -0.1) is 0 Å². The molecule has 0 aliphatic carbocycles. The van der Waals surface area contributed by atoms with E-state index < -0.39 is 11.4 Å². The summed E-state index contributed by atoms with van der Waals surface area (Å²) in [5.74, 6) is -0.219. The van der Waals surface area contributed by atoms with Crippen molar-refractivity contribution in [1.29, 1.82) is 0 Å². The number of Topliss-reactive ketones (excluding diaryl/α,β-unsaturated/α-hetero) is 1. The molecule has 4 rings (SSSR count). The Morgan fingerprint density at radius 1 is 1.34 bits per heavy atom. The van der Waals surface area contributed by atoms with E-state index in [9.17, 15) is 9.18 Å². The van der Waals surface area contributed by atoms with Gasteiger partial charge in [0.15, 0.2) is 5.78 Å². The molecule has 0 amide bonds. The molecule has 2 atom stereocenters. The third-order valence-corrected chi connectivity index (χ3v) is 5.41. The fourth-order valence-electron chi connectivity index (χ4n) is 3.78. The number of aliphatic imine (C=N–C) groups is 1. The van der Waals surface area contributed by atoms with Crippen molar-refractivity contribution in [3.63, 3.8) is 0 Å². The van der Waals surface area contributed by atoms with Gasteiger partial charge in [0.05, 0.1) is 19.1 Å². The van der Waals surface area contributed by atoms with E-state index in [0.29, 0.717) is 35.8 Å². The number of fused-ring (bicyclic) bond motifs is 1. The Morgan fingerprint density at radius 3 is 2.93 bits per heavy atom. The lowest BCUT2D eigenvalue weighted by Gasteiger charge is -2.40. The largest absolute Gasteiger partial charge is 0.431 e. The summed E-state index contributed by atoms with van der Waals surface area (Å²) in [4.78, 5) is 21.2. The maximum absolute atomic E-state index is 14.9. The number of benzene rings is 1. The van der Waals surface area contributed by atoms with E-state index in [2.05, 4.69) is 9.98 Å². The number of ketones is 1. The molecule has 7 heteroatoms. The summed E-state index contributed by atoms with van der Waals surface area (Å²) in [5.41, 5.74) is 7.27. The van der Waals surface area contributed by atoms with Crippen molar-refractivity contribution < 1.29 is 18.7 Å². The second-order valence-corrected chi connectivity index (χ2v) is 7.53. The van der Waals surface area contributed by atoms with Gasteiger partial charge in [0.1, 0.15) is 22.8 Å². The maximum Gasteiger partial charge on any atom is 0.288 e. The molecular weight excluding hydrogens is 373 g/mol. The zero-order valence-electron chi connectivity index (χ0n) is 16.3. The highest BCUT2D eigenvalue weighted by atomic mass is 19.1. The highest BCUT2D eigenvalue weighted by Gasteiger charge is 2.45. The molecule has 2 aliphatic heterocycles. The predicted octanol–water partition coefficient (Wildman–Crippen LogP) is 3.04. The smallest absolute Gasteiger partial charge is 0.288 e. The van der Waals surface area contributed by atoms with E-state index in [-0.39, 0.29) is 24.1 Å². The monoisotopic (exact) mass is 395 g/mol. The van der Waals surface area contributed by atoms with Gasteiger partial charge in [-0.3, -0.25) is 9.78 Å². The number of pyridine rings is 1. The number of hydrogen-bond acceptors (Lipinski definition) is 6. The molecule has 0 fully saturated rings. The number of carbonyl (C=O) groups excluding carboxylic acids is 1. The number of nitrogens with two attached hydrogens (primary N) is 1. The van der Waals surface area contributed by atoms with Crippen LogP contribution in [0.15, 0.2) is 53.4 Å². The van der Waals surface area contributed by atoms with Crippen molar-refractivity contribution in [1.82, 2.24) is 4.98 Å². The van der Waals surface area contributed by atoms with Gasteiger partial charge >= 0.3 is 0 Å². The van der Waals surface area contributed by atoms with Crippen LogP contribution < -0.4 is 5.73 Å². The van der Waals surface area contributed by atoms with Gasteiger partial charge in [0.25, 0.3) is 6.02 Å². The number of aromatic nitrogens is 1. The van der Waals surface area contributed by atoms with Crippen LogP contribution in [-0.4, -0.2) is 30.0 Å². The second-order valence-electron chi connectivity index (χ2n) is 7.53. The Morgan fingerprint density at radius 2 is 2.17 bits per heavy atom. The van der Waals surface area contributed by atoms with E-state index in [1.807, 2.05) is 13.0 Å². The molecule has 0 spiro atoms. The number of amidine groups is 1. The van der Waals surface area contributed by atoms with Crippen LogP contribution >= 0.6 is 0 Å². The quantitative estimate of drug-likeness (QED) is 0.804. The van der Waals surface area contributed by atoms with Crippen LogP contribution in [0.4, 0.5) is 4.39 Å². The van der Waals surface area contributed by atoms with Crippen LogP contribution in [0, 0.1) is 18.7 Å². The van der Waals surface area contributed by atoms with Crippen LogP contribution in [0.2, 0.25) is 0 Å². The van der Waals surface area contributed by atoms with Crippen molar-refractivity contribution in [3.05, 3.63) is 76.6 Å². The fourth-order valence-corrected chi connectivity index (χ4v) is 3.78. The summed E-state index contributed by atoms with van der Waals surface area (Å²) in [7, 11) is 0. The fraction of sp³-hybridized carbons (Fsp3) is 0.318. The van der Waals surface area contributed by atoms with Crippen molar-refractivity contribution >= 4 is 11.8 Å². The number of hydrogen-bond donors (Lipinski definition) is 1. The number of rotatable bonds is 4. The standard InChI is InChI=1S/C22H22FN3O3/c1-13-3-6-18(25-11-13)19(27)10-14-4-5-17(23)15(9-14)22(2)16-12-28-8-7-20(16)29-21(24)26-22/h3-7,9,11,16H,8,10,12H2,1-2H3,(H2,24,26)/t16?,22-/m1/s1. The average Bonchev–Trinajstić information content (AvgIpc) is 2.69. The summed E-state index contributed by atoms with van der Waals surface area (Å²) >= 11 is 0. The molecule has 2 aliphatic rings. The third kappa shape index (κ3) is 3.65. The molecule has 2 aromatic rings. The number of ether oxygens (including phenoxy) is 2. The molecule has 0 bridgehead atoms. The van der Waals surface area contributed by atoms with Gasteiger partial charge in [-0.05, 0) is 49.2 Å². The molecule has 0 saturated carbocycles. The minimum absolute atomic E-state index is 0.0124. The number of aryl methyl sites for hydroxylation is 1. The summed E-state index contributed by atoms with van der Waals surface area (Å²) < 4.78 is 26.0. The van der Waals surface area contributed by atoms with E-state index in [4.69, 9.17) is 15.2 Å². The average molecular weight is 395 g/mol. The summed E-state index contributed by atoms with van der Waals surface area (Å²) in [5, 5.41) is 0. The molecule has 3 heterocycles. The minimum atomic E-state index is -1.00. The van der Waals surface area contributed by atoms with E-state index in [1.54, 1.807) is 37.4 Å². The van der Waals surface area contributed by atoms with Crippen molar-refractivity contribution in [2.75, 3.05) is 13.2 Å². The number of nitrogens with zero attached hydrogens (tertiary/aromatic N) is 2. The van der Waals surface area contributed by atoms with Gasteiger partial charge < -0.3 is 15.2 Å². The van der Waals surface area contributed by atoms with Crippen LogP contribution in [0.3, 0.4) is 0 Å². The van der Waals surface area contributed by atoms with Crippen LogP contribution in [0.1, 0.15) is 34.1 Å². The summed E-state index contributed by atoms with van der Waals surface area (Å²) in [6.07, 6.45) is 3.56. The van der Waals surface area contributed by atoms with Crippen molar-refractivity contribution in [3.8, 4) is 0 Å². The highest BCUT2D eigenvalue weighted by Crippen LogP contribution is 2.43. The van der Waals surface area contributed by atoms with Gasteiger partial charge in [0, 0.05) is 18.2 Å². The first-order valence-corrected chi connectivity index (χ1v) is 9.42. The summed E-state index contributed by atoms with van der Waals surface area (Å²) in [6.45, 7) is 4.47. The second kappa shape index (κ2) is 7.40. The third-order valence-electron chi connectivity index (χ3n) is 5.41. The van der Waals surface area contributed by atoms with Gasteiger partial charge in [-0.1, -0.05) is 12.1 Å². The van der Waals surface area contributed by atoms with Crippen LogP contribution in [0.5, 0.6) is 0 Å². The number of carbonyl (C=O) groups is 1. The predicted molar refractivity (Wildman–Crippen MR) is 106 cm³/mol. The van der Waals surface area contributed by atoms with Crippen LogP contribution in [0.25, 0.3) is 0 Å². The SMILES string of the molecule is Cc1ccc(C(=O)Cc2ccc(F)c([C@@]3(C)N=C(N)OC4=CCOCC43)c2)nc1. The Labute approximate surface area is 168 Å². The van der Waals surface area contributed by atoms with Crippen LogP contribution in [-0.2, 0) is 21.4 Å². The molecule has 0 saturated heterocycles. The van der Waals surface area contributed by atoms with E-state index in [0.717, 1.165) is 5.56 Å². The molecule has 0 radical (unpaired) electrons. The first kappa shape index (κ1) is 19.3. The first-order valence-electron chi connectivity index (χ1n) is 9.42. The van der Waals surface area contributed by atoms with Crippen molar-refractivity contribution in [2.45, 2.75) is 25.8 Å². The van der Waals surface area contributed by atoms with Gasteiger partial charge in [0.2, 0.25) is 0 Å². The lowest BCUT2D eigenvalue weighted by molar-refractivity contribution is 0.0531. The van der Waals surface area contributed by atoms with Gasteiger partial charge in [-0.2, -0.15) is 0 Å². The zero-order chi connectivity index (χ0) is 20.6. The zero-order valence-corrected chi connectivity index (χ0v) is 16.3. The highest BCUT2D eigenvalue weighted by molar-refractivity contribution is 5.95. The molecule has 1 aromatic heterocycles. The maximum atomic E-state index is 14.9. The van der Waals surface area contributed by atoms with E-state index >= 15 is 0 Å². The van der Waals surface area contributed by atoms with Crippen molar-refractivity contribution in [2.24, 2.45) is 16.6 Å². The minimum Gasteiger partial charge on any atom is -0.431 e. The Balaban J connectivity index is 1.68. The molecule has 1 unspecified atom stereocenters. The molecule has 150 valence electrons. The first-order chi connectivity index (χ1) is 13.9. The lowest BCUT2D eigenvalue weighted by Crippen LogP contribution is -2.44. The molecule has 29 heavy (non-hydrogen) atoms. The molecule has 6 nitrogen and oxygen atoms in total. The topological polar surface area (TPSA) is 86.8 Å². The molecule has 2 N–H and O–H groups in total. The summed E-state index contributed by atoms with van der Waals surface area (Å²) in [6, 6.07) is 8.17. The lowest BCUT2D eigenvalue weighted by atomic mass is 9.77. The number of halogens is 1. The molecular formula is C22H22FN3O3.